The van der Waals surface area contributed by atoms with E-state index in [0.29, 0.717) is 5.54 Å². The molecule has 142 valence electrons. The molecule has 4 aliphatic carbocycles. The predicted octanol–water partition coefficient (Wildman–Crippen LogP) is 5.66. The van der Waals surface area contributed by atoms with Crippen molar-refractivity contribution in [1.29, 1.82) is 0 Å². The van der Waals surface area contributed by atoms with Crippen molar-refractivity contribution in [3.8, 4) is 5.75 Å². The maximum Gasteiger partial charge on any atom is 0.118 e. The van der Waals surface area contributed by atoms with E-state index in [0.717, 1.165) is 35.5 Å². The third-order valence-electron chi connectivity index (χ3n) is 8.79. The molecular formula is C24H35NO. The number of hydrogen-bond acceptors (Lipinski definition) is 2. The molecule has 4 saturated carbocycles. The normalized spacial score (nSPS) is 38.8. The highest BCUT2D eigenvalue weighted by atomic mass is 16.5. The Bertz CT molecular complexity index is 635. The molecule has 26 heavy (non-hydrogen) atoms. The Morgan fingerprint density at radius 3 is 2.31 bits per heavy atom. The lowest BCUT2D eigenvalue weighted by molar-refractivity contribution is -0.178. The molecular weight excluding hydrogens is 318 g/mol. The first-order valence-corrected chi connectivity index (χ1v) is 11.1. The van der Waals surface area contributed by atoms with Crippen LogP contribution >= 0.6 is 0 Å². The van der Waals surface area contributed by atoms with Crippen LogP contribution in [0, 0.1) is 23.2 Å². The molecule has 2 unspecified atom stereocenters. The van der Waals surface area contributed by atoms with Gasteiger partial charge in [-0.15, -0.1) is 0 Å². The van der Waals surface area contributed by atoms with Gasteiger partial charge >= 0.3 is 0 Å². The maximum absolute atomic E-state index is 5.35. The molecule has 4 fully saturated rings. The fourth-order valence-corrected chi connectivity index (χ4v) is 7.57. The zero-order valence-electron chi connectivity index (χ0n) is 16.7. The lowest BCUT2D eigenvalue weighted by Crippen LogP contribution is -2.60. The van der Waals surface area contributed by atoms with Crippen molar-refractivity contribution in [1.82, 2.24) is 4.90 Å². The second-order valence-corrected chi connectivity index (χ2v) is 9.81. The van der Waals surface area contributed by atoms with E-state index in [9.17, 15) is 0 Å². The van der Waals surface area contributed by atoms with Crippen molar-refractivity contribution in [3.05, 3.63) is 29.8 Å². The standard InChI is InChI=1S/C24H35NO/c1-3-4-5-6-11-25(16-18-7-9-22(26-2)10-8-18)23-14-20-12-19-13-21(15-23)24(19,20)17-23/h7-10,19-21H,3-6,11-17H2,1-2H3. The first-order valence-electron chi connectivity index (χ1n) is 11.1. The Labute approximate surface area is 159 Å². The first-order chi connectivity index (χ1) is 12.7. The second kappa shape index (κ2) is 6.26. The summed E-state index contributed by atoms with van der Waals surface area (Å²) in [5.74, 6) is 4.24. The van der Waals surface area contributed by atoms with Crippen LogP contribution in [0.5, 0.6) is 5.75 Å². The van der Waals surface area contributed by atoms with E-state index in [2.05, 4.69) is 36.1 Å². The van der Waals surface area contributed by atoms with E-state index in [4.69, 9.17) is 4.74 Å². The number of benzene rings is 1. The minimum Gasteiger partial charge on any atom is -0.497 e. The molecule has 5 rings (SSSR count). The van der Waals surface area contributed by atoms with Crippen molar-refractivity contribution in [2.45, 2.75) is 76.8 Å². The third kappa shape index (κ3) is 2.33. The molecule has 0 radical (unpaired) electrons. The second-order valence-electron chi connectivity index (χ2n) is 9.81. The molecule has 2 atom stereocenters. The van der Waals surface area contributed by atoms with E-state index in [1.54, 1.807) is 20.0 Å². The number of fused-ring (bicyclic) bond motifs is 1. The molecule has 0 amide bonds. The highest BCUT2D eigenvalue weighted by molar-refractivity contribution is 5.31. The summed E-state index contributed by atoms with van der Waals surface area (Å²) in [6.07, 6.45) is 13.1. The Kier molecular flexibility index (Phi) is 4.12. The number of unbranched alkanes of at least 4 members (excludes halogenated alkanes) is 3. The van der Waals surface area contributed by atoms with Crippen molar-refractivity contribution in [3.63, 3.8) is 0 Å². The molecule has 0 N–H and O–H groups in total. The topological polar surface area (TPSA) is 12.5 Å². The summed E-state index contributed by atoms with van der Waals surface area (Å²) < 4.78 is 5.35. The maximum atomic E-state index is 5.35. The molecule has 4 aliphatic rings. The molecule has 1 aromatic carbocycles. The van der Waals surface area contributed by atoms with Crippen molar-refractivity contribution >= 4 is 0 Å². The molecule has 1 aromatic rings. The van der Waals surface area contributed by atoms with Gasteiger partial charge in [-0.25, -0.2) is 0 Å². The van der Waals surface area contributed by atoms with Crippen molar-refractivity contribution in [2.24, 2.45) is 23.2 Å². The summed E-state index contributed by atoms with van der Waals surface area (Å²) in [5.41, 5.74) is 2.82. The summed E-state index contributed by atoms with van der Waals surface area (Å²) in [5, 5.41) is 0. The smallest absolute Gasteiger partial charge is 0.118 e. The molecule has 0 aliphatic heterocycles. The number of rotatable bonds is 9. The average molecular weight is 354 g/mol. The van der Waals surface area contributed by atoms with Gasteiger partial charge in [0.15, 0.2) is 0 Å². The van der Waals surface area contributed by atoms with Gasteiger partial charge in [0.2, 0.25) is 0 Å². The number of methoxy groups -OCH3 is 1. The average Bonchev–Trinajstić information content (AvgIpc) is 3.13. The highest BCUT2D eigenvalue weighted by Gasteiger charge is 2.78. The Morgan fingerprint density at radius 1 is 1.00 bits per heavy atom. The van der Waals surface area contributed by atoms with Gasteiger partial charge in [-0.2, -0.15) is 0 Å². The Balaban J connectivity index is 1.34. The van der Waals surface area contributed by atoms with Gasteiger partial charge in [-0.05, 0) is 85.9 Å². The van der Waals surface area contributed by atoms with Gasteiger partial charge in [0.1, 0.15) is 5.75 Å². The Morgan fingerprint density at radius 2 is 1.73 bits per heavy atom. The largest absolute Gasteiger partial charge is 0.497 e. The lowest BCUT2D eigenvalue weighted by atomic mass is 9.38. The van der Waals surface area contributed by atoms with Gasteiger partial charge < -0.3 is 4.74 Å². The highest BCUT2D eigenvalue weighted by Crippen LogP contribution is 2.83. The minimum absolute atomic E-state index is 0.534. The lowest BCUT2D eigenvalue weighted by Gasteiger charge is -2.66. The monoisotopic (exact) mass is 353 g/mol. The number of hydrogen-bond donors (Lipinski definition) is 0. The van der Waals surface area contributed by atoms with Crippen LogP contribution in [0.25, 0.3) is 0 Å². The fraction of sp³-hybridized carbons (Fsp3) is 0.750. The first kappa shape index (κ1) is 17.1. The third-order valence-corrected chi connectivity index (χ3v) is 8.79. The van der Waals surface area contributed by atoms with E-state index < -0.39 is 0 Å². The zero-order valence-corrected chi connectivity index (χ0v) is 16.7. The molecule has 2 nitrogen and oxygen atoms in total. The summed E-state index contributed by atoms with van der Waals surface area (Å²) in [4.78, 5) is 2.94. The summed E-state index contributed by atoms with van der Waals surface area (Å²) in [6, 6.07) is 8.83. The number of ether oxygens (including phenoxy) is 1. The zero-order chi connectivity index (χ0) is 17.8. The predicted molar refractivity (Wildman–Crippen MR) is 106 cm³/mol. The van der Waals surface area contributed by atoms with Crippen molar-refractivity contribution < 1.29 is 4.74 Å². The van der Waals surface area contributed by atoms with Gasteiger partial charge in [0.25, 0.3) is 0 Å². The van der Waals surface area contributed by atoms with Crippen LogP contribution in [-0.2, 0) is 6.54 Å². The Hall–Kier alpha value is -1.02. The van der Waals surface area contributed by atoms with Crippen LogP contribution in [0.2, 0.25) is 0 Å². The van der Waals surface area contributed by atoms with Gasteiger partial charge in [-0.3, -0.25) is 4.90 Å². The molecule has 0 heterocycles. The van der Waals surface area contributed by atoms with Crippen LogP contribution in [0.1, 0.15) is 70.3 Å². The van der Waals surface area contributed by atoms with Crippen LogP contribution < -0.4 is 4.74 Å². The summed E-state index contributed by atoms with van der Waals surface area (Å²) >= 11 is 0. The van der Waals surface area contributed by atoms with E-state index in [1.807, 2.05) is 0 Å². The summed E-state index contributed by atoms with van der Waals surface area (Å²) in [6.45, 7) is 4.75. The van der Waals surface area contributed by atoms with Gasteiger partial charge in [-0.1, -0.05) is 38.3 Å². The fourth-order valence-electron chi connectivity index (χ4n) is 7.57. The van der Waals surface area contributed by atoms with Crippen LogP contribution in [0.15, 0.2) is 24.3 Å². The number of nitrogens with zero attached hydrogens (tertiary/aromatic N) is 1. The molecule has 2 heteroatoms. The van der Waals surface area contributed by atoms with E-state index in [-0.39, 0.29) is 0 Å². The molecule has 0 saturated heterocycles. The minimum atomic E-state index is 0.534. The SMILES string of the molecule is CCCCCCN(Cc1ccc(OC)cc1)C12CC3CC4CC(C1)C43C2. The molecule has 0 aromatic heterocycles. The van der Waals surface area contributed by atoms with Crippen LogP contribution in [-0.4, -0.2) is 24.1 Å². The summed E-state index contributed by atoms with van der Waals surface area (Å²) in [7, 11) is 1.76. The molecule has 2 bridgehead atoms. The van der Waals surface area contributed by atoms with Crippen molar-refractivity contribution in [2.75, 3.05) is 13.7 Å². The van der Waals surface area contributed by atoms with E-state index in [1.165, 1.54) is 57.1 Å². The quantitative estimate of drug-likeness (QED) is 0.531. The van der Waals surface area contributed by atoms with E-state index >= 15 is 0 Å². The van der Waals surface area contributed by atoms with Gasteiger partial charge in [0.05, 0.1) is 7.11 Å². The van der Waals surface area contributed by atoms with Crippen LogP contribution in [0.3, 0.4) is 0 Å². The molecule has 1 spiro atoms. The van der Waals surface area contributed by atoms with Crippen LogP contribution in [0.4, 0.5) is 0 Å². The van der Waals surface area contributed by atoms with Gasteiger partial charge in [0, 0.05) is 12.1 Å².